The highest BCUT2D eigenvalue weighted by molar-refractivity contribution is 9.10. The van der Waals surface area contributed by atoms with Gasteiger partial charge in [0.15, 0.2) is 10.9 Å². The minimum Gasteiger partial charge on any atom is -0.491 e. The number of ether oxygens (including phenoxy) is 1. The fourth-order valence-corrected chi connectivity index (χ4v) is 2.59. The monoisotopic (exact) mass is 330 g/mol. The van der Waals surface area contributed by atoms with Crippen LogP contribution in [0.2, 0.25) is 5.15 Å². The van der Waals surface area contributed by atoms with Crippen LogP contribution >= 0.6 is 39.3 Å². The fourth-order valence-electron chi connectivity index (χ4n) is 1.20. The normalized spacial score (nSPS) is 10.3. The van der Waals surface area contributed by atoms with Gasteiger partial charge in [-0.15, -0.1) is 0 Å². The molecule has 0 N–H and O–H groups in total. The average Bonchev–Trinajstić information content (AvgIpc) is 2.32. The summed E-state index contributed by atoms with van der Waals surface area (Å²) in [5, 5.41) is 1.02. The van der Waals surface area contributed by atoms with Gasteiger partial charge in [-0.3, -0.25) is 0 Å². The fraction of sp³-hybridized carbons (Fsp3) is 0.0909. The molecular weight excluding hydrogens is 324 g/mol. The van der Waals surface area contributed by atoms with Crippen molar-refractivity contribution < 1.29 is 4.74 Å². The van der Waals surface area contributed by atoms with Crippen molar-refractivity contribution in [3.63, 3.8) is 0 Å². The number of hydrogen-bond acceptors (Lipinski definition) is 4. The SMILES string of the molecule is COc1c(Cl)ncnc1Sc1ccc(Br)cc1. The van der Waals surface area contributed by atoms with Crippen molar-refractivity contribution in [3.05, 3.63) is 40.2 Å². The van der Waals surface area contributed by atoms with Crippen molar-refractivity contribution in [1.29, 1.82) is 0 Å². The van der Waals surface area contributed by atoms with E-state index in [0.29, 0.717) is 15.9 Å². The molecule has 0 spiro atoms. The van der Waals surface area contributed by atoms with Gasteiger partial charge in [0.05, 0.1) is 7.11 Å². The van der Waals surface area contributed by atoms with Gasteiger partial charge < -0.3 is 4.74 Å². The minimum absolute atomic E-state index is 0.321. The van der Waals surface area contributed by atoms with Gasteiger partial charge in [-0.25, -0.2) is 9.97 Å². The van der Waals surface area contributed by atoms with Crippen LogP contribution in [0.3, 0.4) is 0 Å². The standard InChI is InChI=1S/C11H8BrClN2OS/c1-16-9-10(13)14-6-15-11(9)17-8-4-2-7(12)3-5-8/h2-6H,1H3. The van der Waals surface area contributed by atoms with Crippen molar-refractivity contribution in [2.45, 2.75) is 9.92 Å². The third-order valence-electron chi connectivity index (χ3n) is 1.96. The highest BCUT2D eigenvalue weighted by atomic mass is 79.9. The lowest BCUT2D eigenvalue weighted by Crippen LogP contribution is -1.92. The summed E-state index contributed by atoms with van der Waals surface area (Å²) in [5.41, 5.74) is 0. The number of benzene rings is 1. The van der Waals surface area contributed by atoms with E-state index in [-0.39, 0.29) is 0 Å². The molecule has 1 aromatic heterocycles. The Morgan fingerprint density at radius 2 is 1.94 bits per heavy atom. The molecule has 1 heterocycles. The zero-order chi connectivity index (χ0) is 12.3. The predicted octanol–water partition coefficient (Wildman–Crippen LogP) is 4.05. The van der Waals surface area contributed by atoms with Crippen LogP contribution in [-0.4, -0.2) is 17.1 Å². The van der Waals surface area contributed by atoms with Gasteiger partial charge in [0, 0.05) is 9.37 Å². The van der Waals surface area contributed by atoms with E-state index in [9.17, 15) is 0 Å². The molecule has 0 aliphatic heterocycles. The lowest BCUT2D eigenvalue weighted by Gasteiger charge is -2.07. The van der Waals surface area contributed by atoms with E-state index in [1.807, 2.05) is 24.3 Å². The largest absolute Gasteiger partial charge is 0.491 e. The molecule has 0 aliphatic carbocycles. The van der Waals surface area contributed by atoms with Gasteiger partial charge >= 0.3 is 0 Å². The lowest BCUT2D eigenvalue weighted by atomic mass is 10.4. The third kappa shape index (κ3) is 3.12. The molecule has 0 saturated carbocycles. The Morgan fingerprint density at radius 1 is 1.24 bits per heavy atom. The zero-order valence-electron chi connectivity index (χ0n) is 8.85. The highest BCUT2D eigenvalue weighted by Crippen LogP contribution is 2.36. The summed E-state index contributed by atoms with van der Waals surface area (Å²) in [5.74, 6) is 0.502. The molecule has 0 unspecified atom stereocenters. The molecule has 0 bridgehead atoms. The number of methoxy groups -OCH3 is 1. The maximum atomic E-state index is 5.92. The molecule has 0 amide bonds. The van der Waals surface area contributed by atoms with Crippen LogP contribution in [-0.2, 0) is 0 Å². The molecule has 88 valence electrons. The molecule has 6 heteroatoms. The first-order valence-corrected chi connectivity index (χ1v) is 6.67. The molecule has 0 atom stereocenters. The number of halogens is 2. The first-order valence-electron chi connectivity index (χ1n) is 4.68. The Balaban J connectivity index is 2.29. The predicted molar refractivity (Wildman–Crippen MR) is 71.9 cm³/mol. The van der Waals surface area contributed by atoms with Crippen molar-refractivity contribution >= 4 is 39.3 Å². The van der Waals surface area contributed by atoms with Crippen molar-refractivity contribution in [2.75, 3.05) is 7.11 Å². The van der Waals surface area contributed by atoms with E-state index in [1.54, 1.807) is 7.11 Å². The van der Waals surface area contributed by atoms with Crippen LogP contribution in [0.4, 0.5) is 0 Å². The summed E-state index contributed by atoms with van der Waals surface area (Å²) in [7, 11) is 1.55. The number of hydrogen-bond donors (Lipinski definition) is 0. The molecule has 3 nitrogen and oxygen atoms in total. The van der Waals surface area contributed by atoms with E-state index in [4.69, 9.17) is 16.3 Å². The van der Waals surface area contributed by atoms with Crippen LogP contribution in [0.5, 0.6) is 5.75 Å². The highest BCUT2D eigenvalue weighted by Gasteiger charge is 2.11. The van der Waals surface area contributed by atoms with Gasteiger partial charge in [-0.05, 0) is 24.3 Å². The van der Waals surface area contributed by atoms with Crippen molar-refractivity contribution in [1.82, 2.24) is 9.97 Å². The van der Waals surface area contributed by atoms with E-state index < -0.39 is 0 Å². The van der Waals surface area contributed by atoms with E-state index in [2.05, 4.69) is 25.9 Å². The first kappa shape index (κ1) is 12.7. The van der Waals surface area contributed by atoms with E-state index >= 15 is 0 Å². The maximum Gasteiger partial charge on any atom is 0.188 e. The lowest BCUT2D eigenvalue weighted by molar-refractivity contribution is 0.398. The molecule has 2 aromatic rings. The summed E-state index contributed by atoms with van der Waals surface area (Å²) in [6, 6.07) is 7.92. The van der Waals surface area contributed by atoms with Crippen LogP contribution in [0.25, 0.3) is 0 Å². The summed E-state index contributed by atoms with van der Waals surface area (Å²) in [6.07, 6.45) is 1.42. The second-order valence-corrected chi connectivity index (χ2v) is 5.39. The summed E-state index contributed by atoms with van der Waals surface area (Å²) >= 11 is 10.8. The van der Waals surface area contributed by atoms with Crippen LogP contribution in [0, 0.1) is 0 Å². The van der Waals surface area contributed by atoms with Crippen molar-refractivity contribution in [3.8, 4) is 5.75 Å². The topological polar surface area (TPSA) is 35.0 Å². The number of aromatic nitrogens is 2. The van der Waals surface area contributed by atoms with Gasteiger partial charge in [-0.2, -0.15) is 0 Å². The van der Waals surface area contributed by atoms with Gasteiger partial charge in [0.2, 0.25) is 0 Å². The van der Waals surface area contributed by atoms with Gasteiger partial charge in [0.1, 0.15) is 11.4 Å². The molecule has 2 rings (SSSR count). The molecule has 0 aliphatic rings. The number of nitrogens with zero attached hydrogens (tertiary/aromatic N) is 2. The molecule has 0 saturated heterocycles. The van der Waals surface area contributed by atoms with Crippen molar-refractivity contribution in [2.24, 2.45) is 0 Å². The Morgan fingerprint density at radius 3 is 2.59 bits per heavy atom. The molecule has 0 radical (unpaired) electrons. The Labute approximate surface area is 117 Å². The quantitative estimate of drug-likeness (QED) is 0.795. The molecule has 0 fully saturated rings. The summed E-state index contributed by atoms with van der Waals surface area (Å²) < 4.78 is 6.22. The second-order valence-electron chi connectivity index (χ2n) is 3.06. The molecular formula is C11H8BrClN2OS. The van der Waals surface area contributed by atoms with E-state index in [1.165, 1.54) is 18.1 Å². The zero-order valence-corrected chi connectivity index (χ0v) is 12.0. The Hall–Kier alpha value is -0.780. The maximum absolute atomic E-state index is 5.92. The first-order chi connectivity index (χ1) is 8.20. The summed E-state index contributed by atoms with van der Waals surface area (Å²) in [4.78, 5) is 9.09. The smallest absolute Gasteiger partial charge is 0.188 e. The minimum atomic E-state index is 0.321. The number of rotatable bonds is 3. The van der Waals surface area contributed by atoms with Gasteiger partial charge in [0.25, 0.3) is 0 Å². The molecule has 17 heavy (non-hydrogen) atoms. The Bertz CT molecular complexity index is 521. The van der Waals surface area contributed by atoms with Crippen LogP contribution in [0.15, 0.2) is 45.0 Å². The average molecular weight is 332 g/mol. The van der Waals surface area contributed by atoms with E-state index in [0.717, 1.165) is 9.37 Å². The second kappa shape index (κ2) is 5.71. The third-order valence-corrected chi connectivity index (χ3v) is 3.75. The van der Waals surface area contributed by atoms with Crippen LogP contribution < -0.4 is 4.74 Å². The van der Waals surface area contributed by atoms with Gasteiger partial charge in [-0.1, -0.05) is 39.3 Å². The molecule has 1 aromatic carbocycles. The summed E-state index contributed by atoms with van der Waals surface area (Å²) in [6.45, 7) is 0. The van der Waals surface area contributed by atoms with Crippen LogP contribution in [0.1, 0.15) is 0 Å². The Kier molecular flexibility index (Phi) is 4.25.